The van der Waals surface area contributed by atoms with Gasteiger partial charge in [-0.05, 0) is 6.92 Å². The first-order valence-electron chi connectivity index (χ1n) is 7.30. The molecule has 3 aromatic rings. The fourth-order valence-electron chi connectivity index (χ4n) is 2.34. The minimum Gasteiger partial charge on any atom is -0.394 e. The van der Waals surface area contributed by atoms with Crippen molar-refractivity contribution in [3.05, 3.63) is 24.4 Å². The number of amides is 1. The van der Waals surface area contributed by atoms with Gasteiger partial charge in [-0.1, -0.05) is 5.16 Å². The highest BCUT2D eigenvalue weighted by atomic mass is 16.5. The van der Waals surface area contributed by atoms with E-state index in [1.807, 2.05) is 0 Å². The van der Waals surface area contributed by atoms with E-state index in [9.17, 15) is 4.79 Å². The summed E-state index contributed by atoms with van der Waals surface area (Å²) in [6.07, 6.45) is 3.03. The van der Waals surface area contributed by atoms with Gasteiger partial charge in [0.25, 0.3) is 0 Å². The Balaban J connectivity index is 1.76. The SMILES string of the molecule is Cc1cc(NC(=O)CN(C)c2ncnc3c2cnn3CCO)no1. The highest BCUT2D eigenvalue weighted by Crippen LogP contribution is 2.21. The molecule has 0 fully saturated rings. The maximum absolute atomic E-state index is 12.1. The average Bonchev–Trinajstić information content (AvgIpc) is 3.14. The number of nitrogens with zero attached hydrogens (tertiary/aromatic N) is 6. The summed E-state index contributed by atoms with van der Waals surface area (Å²) in [6, 6.07) is 1.64. The molecule has 3 rings (SSSR count). The van der Waals surface area contributed by atoms with Gasteiger partial charge in [-0.25, -0.2) is 14.6 Å². The van der Waals surface area contributed by atoms with E-state index in [1.54, 1.807) is 35.8 Å². The van der Waals surface area contributed by atoms with Crippen molar-refractivity contribution in [2.24, 2.45) is 0 Å². The molecule has 0 aliphatic carbocycles. The fraction of sp³-hybridized carbons (Fsp3) is 0.357. The van der Waals surface area contributed by atoms with Crippen molar-refractivity contribution in [2.45, 2.75) is 13.5 Å². The summed E-state index contributed by atoms with van der Waals surface area (Å²) in [5.74, 6) is 1.32. The first-order chi connectivity index (χ1) is 11.6. The molecule has 3 aromatic heterocycles. The molecule has 0 saturated heterocycles. The number of carbonyl (C=O) groups is 1. The van der Waals surface area contributed by atoms with Crippen molar-refractivity contribution < 1.29 is 14.4 Å². The standard InChI is InChI=1S/C14H17N7O3/c1-9-5-11(19-24-9)18-12(23)7-20(2)13-10-6-17-21(3-4-22)14(10)16-8-15-13/h5-6,8,22H,3-4,7H2,1-2H3,(H,18,19,23). The van der Waals surface area contributed by atoms with Crippen LogP contribution in [0.4, 0.5) is 11.6 Å². The molecule has 3 heterocycles. The molecule has 24 heavy (non-hydrogen) atoms. The van der Waals surface area contributed by atoms with Gasteiger partial charge in [-0.15, -0.1) is 0 Å². The van der Waals surface area contributed by atoms with E-state index in [0.717, 1.165) is 0 Å². The van der Waals surface area contributed by atoms with E-state index in [0.29, 0.717) is 35.0 Å². The molecule has 10 heteroatoms. The van der Waals surface area contributed by atoms with Gasteiger partial charge in [0, 0.05) is 13.1 Å². The van der Waals surface area contributed by atoms with Crippen LogP contribution in [0.2, 0.25) is 0 Å². The van der Waals surface area contributed by atoms with E-state index >= 15 is 0 Å². The molecule has 0 aliphatic heterocycles. The van der Waals surface area contributed by atoms with E-state index in [4.69, 9.17) is 9.63 Å². The third kappa shape index (κ3) is 3.18. The molecule has 1 amide bonds. The number of aliphatic hydroxyl groups is 1. The van der Waals surface area contributed by atoms with Crippen molar-refractivity contribution in [2.75, 3.05) is 30.4 Å². The molecule has 0 aromatic carbocycles. The number of aryl methyl sites for hydroxylation is 1. The molecule has 0 radical (unpaired) electrons. The summed E-state index contributed by atoms with van der Waals surface area (Å²) in [7, 11) is 1.75. The average molecular weight is 331 g/mol. The van der Waals surface area contributed by atoms with Crippen LogP contribution in [0.1, 0.15) is 5.76 Å². The Morgan fingerprint density at radius 2 is 2.29 bits per heavy atom. The van der Waals surface area contributed by atoms with Crippen LogP contribution in [0.25, 0.3) is 11.0 Å². The van der Waals surface area contributed by atoms with Crippen molar-refractivity contribution in [3.8, 4) is 0 Å². The number of hydrogen-bond acceptors (Lipinski definition) is 8. The Hall–Kier alpha value is -3.01. The Kier molecular flexibility index (Phi) is 4.38. The van der Waals surface area contributed by atoms with E-state index in [2.05, 4.69) is 25.5 Å². The van der Waals surface area contributed by atoms with Crippen LogP contribution in [0.3, 0.4) is 0 Å². The van der Waals surface area contributed by atoms with Gasteiger partial charge in [-0.2, -0.15) is 5.10 Å². The van der Waals surface area contributed by atoms with Crippen LogP contribution < -0.4 is 10.2 Å². The van der Waals surface area contributed by atoms with Crippen LogP contribution in [0.5, 0.6) is 0 Å². The summed E-state index contributed by atoms with van der Waals surface area (Å²) >= 11 is 0. The monoisotopic (exact) mass is 331 g/mol. The molecule has 0 aliphatic rings. The Labute approximate surface area is 137 Å². The summed E-state index contributed by atoms with van der Waals surface area (Å²) in [4.78, 5) is 22.2. The molecule has 0 atom stereocenters. The summed E-state index contributed by atoms with van der Waals surface area (Å²) in [5.41, 5.74) is 0.605. The van der Waals surface area contributed by atoms with Gasteiger partial charge >= 0.3 is 0 Å². The molecule has 10 nitrogen and oxygen atoms in total. The number of anilines is 2. The zero-order valence-corrected chi connectivity index (χ0v) is 13.3. The molecule has 0 saturated carbocycles. The second-order valence-electron chi connectivity index (χ2n) is 5.25. The van der Waals surface area contributed by atoms with E-state index in [1.165, 1.54) is 6.33 Å². The second-order valence-corrected chi connectivity index (χ2v) is 5.25. The molecule has 0 spiro atoms. The predicted octanol–water partition coefficient (Wildman–Crippen LogP) is 0.190. The summed E-state index contributed by atoms with van der Waals surface area (Å²) in [6.45, 7) is 2.13. The quantitative estimate of drug-likeness (QED) is 0.656. The summed E-state index contributed by atoms with van der Waals surface area (Å²) in [5, 5.41) is 20.3. The number of aromatic nitrogens is 5. The third-order valence-corrected chi connectivity index (χ3v) is 3.36. The lowest BCUT2D eigenvalue weighted by Gasteiger charge is -2.17. The molecular formula is C14H17N7O3. The Morgan fingerprint density at radius 1 is 1.46 bits per heavy atom. The molecule has 0 unspecified atom stereocenters. The number of rotatable bonds is 6. The number of hydrogen-bond donors (Lipinski definition) is 2. The van der Waals surface area contributed by atoms with Crippen LogP contribution in [-0.4, -0.2) is 56.1 Å². The van der Waals surface area contributed by atoms with Crippen molar-refractivity contribution in [1.29, 1.82) is 0 Å². The minimum atomic E-state index is -0.250. The third-order valence-electron chi connectivity index (χ3n) is 3.36. The second kappa shape index (κ2) is 6.62. The fourth-order valence-corrected chi connectivity index (χ4v) is 2.34. The van der Waals surface area contributed by atoms with Gasteiger partial charge < -0.3 is 19.8 Å². The van der Waals surface area contributed by atoms with Gasteiger partial charge in [-0.3, -0.25) is 4.79 Å². The van der Waals surface area contributed by atoms with Gasteiger partial charge in [0.2, 0.25) is 5.91 Å². The predicted molar refractivity (Wildman–Crippen MR) is 85.5 cm³/mol. The van der Waals surface area contributed by atoms with Crippen LogP contribution >= 0.6 is 0 Å². The van der Waals surface area contributed by atoms with Crippen molar-refractivity contribution in [1.82, 2.24) is 24.9 Å². The zero-order chi connectivity index (χ0) is 17.1. The molecule has 0 bridgehead atoms. The Morgan fingerprint density at radius 3 is 3.00 bits per heavy atom. The van der Waals surface area contributed by atoms with Crippen LogP contribution in [-0.2, 0) is 11.3 Å². The first-order valence-corrected chi connectivity index (χ1v) is 7.30. The normalized spacial score (nSPS) is 11.0. The van der Waals surface area contributed by atoms with Gasteiger partial charge in [0.05, 0.1) is 31.3 Å². The van der Waals surface area contributed by atoms with E-state index in [-0.39, 0.29) is 19.1 Å². The largest absolute Gasteiger partial charge is 0.394 e. The number of aliphatic hydroxyl groups excluding tert-OH is 1. The number of likely N-dealkylation sites (N-methyl/N-ethyl adjacent to an activating group) is 1. The highest BCUT2D eigenvalue weighted by Gasteiger charge is 2.16. The number of nitrogens with one attached hydrogen (secondary N) is 1. The van der Waals surface area contributed by atoms with Gasteiger partial charge in [0.15, 0.2) is 11.5 Å². The van der Waals surface area contributed by atoms with Gasteiger partial charge in [0.1, 0.15) is 17.9 Å². The van der Waals surface area contributed by atoms with Crippen LogP contribution in [0.15, 0.2) is 23.1 Å². The molecule has 2 N–H and O–H groups in total. The topological polar surface area (TPSA) is 122 Å². The van der Waals surface area contributed by atoms with Crippen LogP contribution in [0, 0.1) is 6.92 Å². The smallest absolute Gasteiger partial charge is 0.245 e. The minimum absolute atomic E-state index is 0.0362. The lowest BCUT2D eigenvalue weighted by Crippen LogP contribution is -2.30. The van der Waals surface area contributed by atoms with E-state index < -0.39 is 0 Å². The first kappa shape index (κ1) is 15.9. The molecular weight excluding hydrogens is 314 g/mol. The highest BCUT2D eigenvalue weighted by molar-refractivity contribution is 5.95. The maximum atomic E-state index is 12.1. The Bertz CT molecular complexity index is 857. The maximum Gasteiger partial charge on any atom is 0.245 e. The lowest BCUT2D eigenvalue weighted by atomic mass is 10.3. The number of carbonyl (C=O) groups excluding carboxylic acids is 1. The number of fused-ring (bicyclic) bond motifs is 1. The van der Waals surface area contributed by atoms with Crippen molar-refractivity contribution in [3.63, 3.8) is 0 Å². The summed E-state index contributed by atoms with van der Waals surface area (Å²) < 4.78 is 6.50. The zero-order valence-electron chi connectivity index (χ0n) is 13.3. The van der Waals surface area contributed by atoms with Crippen molar-refractivity contribution >= 4 is 28.6 Å². The lowest BCUT2D eigenvalue weighted by molar-refractivity contribution is -0.115. The molecule has 126 valence electrons.